The van der Waals surface area contributed by atoms with Gasteiger partial charge in [-0.05, 0) is 43.0 Å². The highest BCUT2D eigenvalue weighted by atomic mass is 35.5. The summed E-state index contributed by atoms with van der Waals surface area (Å²) < 4.78 is 35.6. The Kier molecular flexibility index (Phi) is 5.86. The van der Waals surface area contributed by atoms with Crippen LogP contribution in [0.5, 0.6) is 11.5 Å². The van der Waals surface area contributed by atoms with Crippen LogP contribution in [0, 0.1) is 5.92 Å². The van der Waals surface area contributed by atoms with Crippen molar-refractivity contribution in [3.8, 4) is 11.5 Å². The fourth-order valence-corrected chi connectivity index (χ4v) is 2.72. The summed E-state index contributed by atoms with van der Waals surface area (Å²) in [6.07, 6.45) is 3.12. The lowest BCUT2D eigenvalue weighted by Gasteiger charge is -2.12. The normalized spacial score (nSPS) is 14.5. The van der Waals surface area contributed by atoms with Gasteiger partial charge in [0.25, 0.3) is 5.91 Å². The van der Waals surface area contributed by atoms with Gasteiger partial charge in [-0.1, -0.05) is 23.2 Å². The number of hydrogen-bond acceptors (Lipinski definition) is 4. The summed E-state index contributed by atoms with van der Waals surface area (Å²) in [5.41, 5.74) is -0.173. The van der Waals surface area contributed by atoms with Crippen LogP contribution in [-0.2, 0) is 0 Å². The highest BCUT2D eigenvalue weighted by Gasteiger charge is 2.23. The van der Waals surface area contributed by atoms with Crippen LogP contribution < -0.4 is 15.0 Å². The van der Waals surface area contributed by atoms with E-state index in [0.717, 1.165) is 19.0 Å². The first-order chi connectivity index (χ1) is 12.8. The molecule has 0 bridgehead atoms. The van der Waals surface area contributed by atoms with Gasteiger partial charge in [0.05, 0.1) is 22.8 Å². The molecule has 1 heterocycles. The zero-order chi connectivity index (χ0) is 19.6. The lowest BCUT2D eigenvalue weighted by atomic mass is 10.2. The second-order valence-electron chi connectivity index (χ2n) is 5.89. The zero-order valence-electron chi connectivity index (χ0n) is 13.7. The average Bonchev–Trinajstić information content (AvgIpc) is 3.40. The molecule has 0 aliphatic heterocycles. The number of rotatable bonds is 6. The number of carbonyl (C=O) groups is 1. The first-order valence-electron chi connectivity index (χ1n) is 7.91. The Morgan fingerprint density at radius 3 is 2.67 bits per heavy atom. The van der Waals surface area contributed by atoms with E-state index in [-0.39, 0.29) is 32.6 Å². The third kappa shape index (κ3) is 5.11. The Morgan fingerprint density at radius 1 is 1.30 bits per heavy atom. The molecule has 3 rings (SSSR count). The molecule has 1 amide bonds. The number of alkyl halides is 2. The number of ether oxygens (including phenoxy) is 2. The van der Waals surface area contributed by atoms with Crippen molar-refractivity contribution in [3.63, 3.8) is 0 Å². The van der Waals surface area contributed by atoms with Crippen molar-refractivity contribution < 1.29 is 28.3 Å². The Labute approximate surface area is 162 Å². The predicted molar refractivity (Wildman–Crippen MR) is 92.8 cm³/mol. The van der Waals surface area contributed by atoms with Gasteiger partial charge >= 0.3 is 6.61 Å². The number of halogens is 4. The molecule has 1 aromatic heterocycles. The van der Waals surface area contributed by atoms with E-state index in [1.165, 1.54) is 24.3 Å². The van der Waals surface area contributed by atoms with E-state index in [1.807, 2.05) is 0 Å². The van der Waals surface area contributed by atoms with Crippen molar-refractivity contribution in [2.24, 2.45) is 10.9 Å². The Bertz CT molecular complexity index is 903. The number of aromatic nitrogens is 1. The largest absolute Gasteiger partial charge is 0.489 e. The first-order valence-corrected chi connectivity index (χ1v) is 8.66. The molecule has 0 saturated heterocycles. The summed E-state index contributed by atoms with van der Waals surface area (Å²) in [6, 6.07) is 5.04. The monoisotopic (exact) mass is 418 g/mol. The van der Waals surface area contributed by atoms with Crippen LogP contribution in [-0.4, -0.2) is 29.1 Å². The fraction of sp³-hybridized carbons (Fsp3) is 0.294. The summed E-state index contributed by atoms with van der Waals surface area (Å²) in [6.45, 7) is -2.69. The quantitative estimate of drug-likeness (QED) is 0.714. The zero-order valence-corrected chi connectivity index (χ0v) is 15.3. The highest BCUT2D eigenvalue weighted by Crippen LogP contribution is 2.34. The number of amides is 1. The van der Waals surface area contributed by atoms with Crippen molar-refractivity contribution in [3.05, 3.63) is 51.6 Å². The van der Waals surface area contributed by atoms with Crippen LogP contribution in [0.4, 0.5) is 8.78 Å². The first kappa shape index (κ1) is 19.4. The number of nitrogens with zero attached hydrogens (tertiary/aromatic N) is 2. The average molecular weight is 419 g/mol. The van der Waals surface area contributed by atoms with Crippen LogP contribution in [0.25, 0.3) is 0 Å². The molecular weight excluding hydrogens is 405 g/mol. The van der Waals surface area contributed by atoms with Gasteiger partial charge in [-0.25, -0.2) is 0 Å². The van der Waals surface area contributed by atoms with Crippen LogP contribution in [0.1, 0.15) is 23.2 Å². The van der Waals surface area contributed by atoms with Gasteiger partial charge in [-0.15, -0.1) is 0 Å². The summed E-state index contributed by atoms with van der Waals surface area (Å²) in [5.74, 6) is -0.553. The van der Waals surface area contributed by atoms with Gasteiger partial charge in [0.15, 0.2) is 17.0 Å². The van der Waals surface area contributed by atoms with Gasteiger partial charge in [-0.2, -0.15) is 18.5 Å². The predicted octanol–water partition coefficient (Wildman–Crippen LogP) is 4.16. The topological polar surface area (TPSA) is 73.1 Å². The van der Waals surface area contributed by atoms with Crippen molar-refractivity contribution in [2.45, 2.75) is 19.5 Å². The van der Waals surface area contributed by atoms with E-state index in [1.54, 1.807) is 0 Å². The van der Waals surface area contributed by atoms with Crippen molar-refractivity contribution >= 4 is 29.1 Å². The molecule has 1 aliphatic carbocycles. The third-order valence-corrected chi connectivity index (χ3v) is 4.21. The maximum Gasteiger partial charge on any atom is 0.387 e. The molecule has 0 spiro atoms. The Hall–Kier alpha value is -2.32. The lowest BCUT2D eigenvalue weighted by molar-refractivity contribution is -0.0515. The maximum atomic E-state index is 12.6. The molecule has 0 unspecified atom stereocenters. The summed E-state index contributed by atoms with van der Waals surface area (Å²) >= 11 is 11.7. The van der Waals surface area contributed by atoms with Crippen LogP contribution >= 0.6 is 23.2 Å². The van der Waals surface area contributed by atoms with Gasteiger partial charge < -0.3 is 14.7 Å². The number of carbonyl (C=O) groups excluding carboxylic acids is 1. The molecule has 1 aromatic carbocycles. The molecule has 6 nitrogen and oxygen atoms in total. The molecule has 0 radical (unpaired) electrons. The third-order valence-electron chi connectivity index (χ3n) is 3.73. The molecule has 1 fully saturated rings. The lowest BCUT2D eigenvalue weighted by Crippen LogP contribution is -2.21. The molecule has 0 atom stereocenters. The van der Waals surface area contributed by atoms with Crippen molar-refractivity contribution in [1.29, 1.82) is 0 Å². The number of benzene rings is 1. The van der Waals surface area contributed by atoms with E-state index >= 15 is 0 Å². The van der Waals surface area contributed by atoms with Crippen LogP contribution in [0.3, 0.4) is 0 Å². The SMILES string of the molecule is O=C(N=c1c(Cl)cc(Cl)cn1O)c1ccc(OC(F)F)c(OCC2CC2)c1. The van der Waals surface area contributed by atoms with Gasteiger partial charge in [0, 0.05) is 5.56 Å². The maximum absolute atomic E-state index is 12.6. The summed E-state index contributed by atoms with van der Waals surface area (Å²) in [4.78, 5) is 16.2. The summed E-state index contributed by atoms with van der Waals surface area (Å²) in [5, 5.41) is 9.90. The molecule has 10 heteroatoms. The van der Waals surface area contributed by atoms with Crippen molar-refractivity contribution in [1.82, 2.24) is 4.73 Å². The van der Waals surface area contributed by atoms with Gasteiger partial charge in [0.2, 0.25) is 0 Å². The summed E-state index contributed by atoms with van der Waals surface area (Å²) in [7, 11) is 0. The molecule has 1 N–H and O–H groups in total. The van der Waals surface area contributed by atoms with E-state index in [4.69, 9.17) is 27.9 Å². The number of pyridine rings is 1. The molecule has 1 aliphatic rings. The second-order valence-corrected chi connectivity index (χ2v) is 6.73. The molecular formula is C17H14Cl2F2N2O4. The smallest absolute Gasteiger partial charge is 0.387 e. The Morgan fingerprint density at radius 2 is 2.04 bits per heavy atom. The Balaban J connectivity index is 1.92. The second kappa shape index (κ2) is 8.14. The molecule has 27 heavy (non-hydrogen) atoms. The standard InChI is InChI=1S/C17H14Cl2F2N2O4/c18-11-6-12(19)15(23(25)7-11)22-16(24)10-3-4-13(27-17(20)21)14(5-10)26-8-9-1-2-9/h3-7,9,17,25H,1-2,8H2. The van der Waals surface area contributed by atoms with E-state index in [0.29, 0.717) is 17.3 Å². The van der Waals surface area contributed by atoms with Gasteiger partial charge in [-0.3, -0.25) is 4.79 Å². The van der Waals surface area contributed by atoms with E-state index < -0.39 is 12.5 Å². The van der Waals surface area contributed by atoms with E-state index in [2.05, 4.69) is 9.73 Å². The minimum atomic E-state index is -3.03. The fourth-order valence-electron chi connectivity index (χ4n) is 2.22. The minimum absolute atomic E-state index is 0.0160. The minimum Gasteiger partial charge on any atom is -0.489 e. The highest BCUT2D eigenvalue weighted by molar-refractivity contribution is 6.34. The number of hydrogen-bond donors (Lipinski definition) is 1. The van der Waals surface area contributed by atoms with Gasteiger partial charge in [0.1, 0.15) is 0 Å². The molecule has 1 saturated carbocycles. The van der Waals surface area contributed by atoms with E-state index in [9.17, 15) is 18.8 Å². The van der Waals surface area contributed by atoms with Crippen LogP contribution in [0.2, 0.25) is 10.0 Å². The molecule has 2 aromatic rings. The van der Waals surface area contributed by atoms with Crippen LogP contribution in [0.15, 0.2) is 35.5 Å². The van der Waals surface area contributed by atoms with Crippen molar-refractivity contribution in [2.75, 3.05) is 6.61 Å². The molecule has 144 valence electrons.